The second-order valence-corrected chi connectivity index (χ2v) is 3.43. The Morgan fingerprint density at radius 3 is 2.92 bits per heavy atom. The van der Waals surface area contributed by atoms with Crippen molar-refractivity contribution in [2.75, 3.05) is 19.7 Å². The van der Waals surface area contributed by atoms with Gasteiger partial charge in [-0.2, -0.15) is 0 Å². The first-order chi connectivity index (χ1) is 5.74. The molecule has 1 rings (SSSR count). The standard InChI is InChI=1S/C8H16N2OS/c1-2-10(8(9)12)6-7-4-3-5-11-7/h7H,2-6H2,1H3,(H2,9,12). The second-order valence-electron chi connectivity index (χ2n) is 3.01. The summed E-state index contributed by atoms with van der Waals surface area (Å²) in [5.74, 6) is 0. The van der Waals surface area contributed by atoms with Gasteiger partial charge in [-0.3, -0.25) is 0 Å². The number of hydrogen-bond acceptors (Lipinski definition) is 2. The number of rotatable bonds is 3. The van der Waals surface area contributed by atoms with E-state index in [-0.39, 0.29) is 0 Å². The molecule has 1 aliphatic rings. The number of thiocarbonyl (C=S) groups is 1. The Labute approximate surface area is 78.9 Å². The SMILES string of the molecule is CCN(CC1CCCO1)C(N)=S. The zero-order chi connectivity index (χ0) is 8.97. The third-order valence-electron chi connectivity index (χ3n) is 2.14. The maximum absolute atomic E-state index is 5.53. The van der Waals surface area contributed by atoms with Gasteiger partial charge in [0.2, 0.25) is 0 Å². The van der Waals surface area contributed by atoms with Crippen LogP contribution in [0.4, 0.5) is 0 Å². The van der Waals surface area contributed by atoms with Gasteiger partial charge in [0, 0.05) is 19.7 Å². The quantitative estimate of drug-likeness (QED) is 0.663. The first kappa shape index (κ1) is 9.74. The highest BCUT2D eigenvalue weighted by atomic mass is 32.1. The molecule has 12 heavy (non-hydrogen) atoms. The molecule has 0 aromatic carbocycles. The van der Waals surface area contributed by atoms with E-state index in [4.69, 9.17) is 22.7 Å². The summed E-state index contributed by atoms with van der Waals surface area (Å²) >= 11 is 4.90. The molecular weight excluding hydrogens is 172 g/mol. The highest BCUT2D eigenvalue weighted by Gasteiger charge is 2.18. The summed E-state index contributed by atoms with van der Waals surface area (Å²) in [5, 5.41) is 0.480. The van der Waals surface area contributed by atoms with Crippen molar-refractivity contribution in [3.63, 3.8) is 0 Å². The van der Waals surface area contributed by atoms with Gasteiger partial charge in [0.15, 0.2) is 5.11 Å². The molecule has 70 valence electrons. The molecule has 0 aliphatic carbocycles. The molecule has 1 aliphatic heterocycles. The Kier molecular flexibility index (Phi) is 3.75. The molecule has 0 saturated carbocycles. The first-order valence-electron chi connectivity index (χ1n) is 4.40. The van der Waals surface area contributed by atoms with Crippen molar-refractivity contribution >= 4 is 17.3 Å². The average molecular weight is 188 g/mol. The van der Waals surface area contributed by atoms with Crippen molar-refractivity contribution in [1.29, 1.82) is 0 Å². The van der Waals surface area contributed by atoms with Gasteiger partial charge in [-0.15, -0.1) is 0 Å². The molecule has 0 radical (unpaired) electrons. The zero-order valence-electron chi connectivity index (χ0n) is 7.45. The number of likely N-dealkylation sites (N-methyl/N-ethyl adjacent to an activating group) is 1. The minimum atomic E-state index is 0.339. The maximum Gasteiger partial charge on any atom is 0.166 e. The van der Waals surface area contributed by atoms with Crippen LogP contribution in [-0.2, 0) is 4.74 Å². The molecule has 4 heteroatoms. The van der Waals surface area contributed by atoms with E-state index in [1.165, 1.54) is 6.42 Å². The molecule has 1 unspecified atom stereocenters. The van der Waals surface area contributed by atoms with Crippen LogP contribution in [0, 0.1) is 0 Å². The number of nitrogens with zero attached hydrogens (tertiary/aromatic N) is 1. The molecule has 0 bridgehead atoms. The van der Waals surface area contributed by atoms with Crippen LogP contribution >= 0.6 is 12.2 Å². The van der Waals surface area contributed by atoms with Crippen molar-refractivity contribution < 1.29 is 4.74 Å². The molecule has 2 N–H and O–H groups in total. The van der Waals surface area contributed by atoms with Crippen LogP contribution in [-0.4, -0.2) is 35.8 Å². The lowest BCUT2D eigenvalue weighted by Crippen LogP contribution is -2.40. The molecule has 1 heterocycles. The summed E-state index contributed by atoms with van der Waals surface area (Å²) in [6, 6.07) is 0. The molecule has 0 amide bonds. The van der Waals surface area contributed by atoms with Gasteiger partial charge in [-0.05, 0) is 32.0 Å². The lowest BCUT2D eigenvalue weighted by atomic mass is 10.2. The summed E-state index contributed by atoms with van der Waals surface area (Å²) in [7, 11) is 0. The second kappa shape index (κ2) is 4.62. The third kappa shape index (κ3) is 2.60. The van der Waals surface area contributed by atoms with Crippen molar-refractivity contribution in [3.05, 3.63) is 0 Å². The van der Waals surface area contributed by atoms with E-state index in [1.807, 2.05) is 11.8 Å². The topological polar surface area (TPSA) is 38.5 Å². The summed E-state index contributed by atoms with van der Waals surface area (Å²) in [6.07, 6.45) is 2.64. The molecular formula is C8H16N2OS. The van der Waals surface area contributed by atoms with Crippen molar-refractivity contribution in [3.8, 4) is 0 Å². The minimum Gasteiger partial charge on any atom is -0.376 e. The van der Waals surface area contributed by atoms with Gasteiger partial charge in [0.25, 0.3) is 0 Å². The lowest BCUT2D eigenvalue weighted by molar-refractivity contribution is 0.0926. The van der Waals surface area contributed by atoms with Crippen molar-refractivity contribution in [1.82, 2.24) is 4.90 Å². The van der Waals surface area contributed by atoms with E-state index >= 15 is 0 Å². The van der Waals surface area contributed by atoms with Crippen molar-refractivity contribution in [2.45, 2.75) is 25.9 Å². The molecule has 3 nitrogen and oxygen atoms in total. The van der Waals surface area contributed by atoms with Gasteiger partial charge in [-0.1, -0.05) is 0 Å². The van der Waals surface area contributed by atoms with Crippen LogP contribution < -0.4 is 5.73 Å². The van der Waals surface area contributed by atoms with E-state index in [0.29, 0.717) is 11.2 Å². The predicted octanol–water partition coefficient (Wildman–Crippen LogP) is 0.731. The molecule has 1 fully saturated rings. The van der Waals surface area contributed by atoms with E-state index in [2.05, 4.69) is 0 Å². The Bertz CT molecular complexity index is 157. The van der Waals surface area contributed by atoms with Crippen molar-refractivity contribution in [2.24, 2.45) is 5.73 Å². The monoisotopic (exact) mass is 188 g/mol. The fourth-order valence-corrected chi connectivity index (χ4v) is 1.61. The largest absolute Gasteiger partial charge is 0.376 e. The first-order valence-corrected chi connectivity index (χ1v) is 4.81. The van der Waals surface area contributed by atoms with E-state index in [0.717, 1.165) is 26.1 Å². The Morgan fingerprint density at radius 2 is 2.50 bits per heavy atom. The Hall–Kier alpha value is -0.350. The predicted molar refractivity (Wildman–Crippen MR) is 53.0 cm³/mol. The summed E-state index contributed by atoms with van der Waals surface area (Å²) in [6.45, 7) is 4.66. The van der Waals surface area contributed by atoms with E-state index in [9.17, 15) is 0 Å². The van der Waals surface area contributed by atoms with Crippen LogP contribution in [0.2, 0.25) is 0 Å². The summed E-state index contributed by atoms with van der Waals surface area (Å²) < 4.78 is 5.48. The molecule has 0 spiro atoms. The van der Waals surface area contributed by atoms with Gasteiger partial charge >= 0.3 is 0 Å². The normalized spacial score (nSPS) is 22.6. The average Bonchev–Trinajstić information content (AvgIpc) is 2.51. The van der Waals surface area contributed by atoms with Gasteiger partial charge in [0.05, 0.1) is 6.10 Å². The Morgan fingerprint density at radius 1 is 1.75 bits per heavy atom. The van der Waals surface area contributed by atoms with E-state index < -0.39 is 0 Å². The van der Waals surface area contributed by atoms with Crippen LogP contribution in [0.15, 0.2) is 0 Å². The van der Waals surface area contributed by atoms with Crippen LogP contribution in [0.5, 0.6) is 0 Å². The van der Waals surface area contributed by atoms with Gasteiger partial charge < -0.3 is 15.4 Å². The van der Waals surface area contributed by atoms with Crippen LogP contribution in [0.3, 0.4) is 0 Å². The smallest absolute Gasteiger partial charge is 0.166 e. The Balaban J connectivity index is 2.30. The molecule has 0 aromatic heterocycles. The maximum atomic E-state index is 5.53. The van der Waals surface area contributed by atoms with Crippen LogP contribution in [0.1, 0.15) is 19.8 Å². The highest BCUT2D eigenvalue weighted by molar-refractivity contribution is 7.80. The third-order valence-corrected chi connectivity index (χ3v) is 2.40. The molecule has 1 saturated heterocycles. The van der Waals surface area contributed by atoms with Crippen LogP contribution in [0.25, 0.3) is 0 Å². The fraction of sp³-hybridized carbons (Fsp3) is 0.875. The minimum absolute atomic E-state index is 0.339. The fourth-order valence-electron chi connectivity index (χ4n) is 1.41. The van der Waals surface area contributed by atoms with Gasteiger partial charge in [0.1, 0.15) is 0 Å². The summed E-state index contributed by atoms with van der Waals surface area (Å²) in [5.41, 5.74) is 5.53. The zero-order valence-corrected chi connectivity index (χ0v) is 8.27. The molecule has 1 atom stereocenters. The number of hydrogen-bond donors (Lipinski definition) is 1. The van der Waals surface area contributed by atoms with E-state index in [1.54, 1.807) is 0 Å². The number of ether oxygens (including phenoxy) is 1. The molecule has 0 aromatic rings. The highest BCUT2D eigenvalue weighted by Crippen LogP contribution is 2.12. The number of nitrogens with two attached hydrogens (primary N) is 1. The summed E-state index contributed by atoms with van der Waals surface area (Å²) in [4.78, 5) is 1.98. The van der Waals surface area contributed by atoms with Gasteiger partial charge in [-0.25, -0.2) is 0 Å². The lowest BCUT2D eigenvalue weighted by Gasteiger charge is -2.23.